The highest BCUT2D eigenvalue weighted by Crippen LogP contribution is 2.29. The molecule has 3 aromatic rings. The van der Waals surface area contributed by atoms with Crippen molar-refractivity contribution in [2.24, 2.45) is 0 Å². The summed E-state index contributed by atoms with van der Waals surface area (Å²) in [6, 6.07) is 19.1. The van der Waals surface area contributed by atoms with Crippen LogP contribution in [0.3, 0.4) is 0 Å². The maximum absolute atomic E-state index is 6.23. The topological polar surface area (TPSA) is 43.8 Å². The van der Waals surface area contributed by atoms with Gasteiger partial charge in [0.2, 0.25) is 5.95 Å². The summed E-state index contributed by atoms with van der Waals surface area (Å²) >= 11 is 0. The summed E-state index contributed by atoms with van der Waals surface area (Å²) in [5.74, 6) is 0.536. The Balaban J connectivity index is 1.80. The monoisotopic (exact) mass is 347 g/mol. The van der Waals surface area contributed by atoms with Crippen molar-refractivity contribution in [1.82, 2.24) is 9.55 Å². The number of benzene rings is 2. The Hall–Kier alpha value is -2.55. The summed E-state index contributed by atoms with van der Waals surface area (Å²) in [6.07, 6.45) is 7.72. The number of nitrogen functional groups attached to an aromatic ring is 1. The summed E-state index contributed by atoms with van der Waals surface area (Å²) in [5, 5.41) is 0. The molecule has 3 rings (SSSR count). The van der Waals surface area contributed by atoms with Gasteiger partial charge in [0.15, 0.2) is 0 Å². The average molecular weight is 348 g/mol. The van der Waals surface area contributed by atoms with Gasteiger partial charge < -0.3 is 5.73 Å². The van der Waals surface area contributed by atoms with Crippen LogP contribution in [0.1, 0.15) is 50.3 Å². The van der Waals surface area contributed by atoms with Crippen molar-refractivity contribution in [3.05, 3.63) is 65.9 Å². The first-order valence-electron chi connectivity index (χ1n) is 9.70. The predicted octanol–water partition coefficient (Wildman–Crippen LogP) is 5.94. The van der Waals surface area contributed by atoms with E-state index < -0.39 is 0 Å². The third kappa shape index (κ3) is 4.16. The van der Waals surface area contributed by atoms with Gasteiger partial charge >= 0.3 is 0 Å². The molecule has 0 unspecified atom stereocenters. The average Bonchev–Trinajstić information content (AvgIpc) is 2.97. The zero-order valence-corrected chi connectivity index (χ0v) is 15.9. The van der Waals surface area contributed by atoms with E-state index >= 15 is 0 Å². The van der Waals surface area contributed by atoms with Crippen LogP contribution in [0.5, 0.6) is 0 Å². The number of hydrogen-bond donors (Lipinski definition) is 1. The summed E-state index contributed by atoms with van der Waals surface area (Å²) in [6.45, 7) is 4.27. The molecule has 0 fully saturated rings. The van der Waals surface area contributed by atoms with Gasteiger partial charge in [-0.15, -0.1) is 0 Å². The van der Waals surface area contributed by atoms with Crippen LogP contribution in [0.15, 0.2) is 54.6 Å². The molecule has 0 aliphatic rings. The molecule has 3 nitrogen and oxygen atoms in total. The molecular formula is C23H29N3. The molecule has 136 valence electrons. The highest BCUT2D eigenvalue weighted by molar-refractivity contribution is 5.68. The highest BCUT2D eigenvalue weighted by Gasteiger charge is 2.15. The molecule has 0 aliphatic heterocycles. The van der Waals surface area contributed by atoms with Crippen LogP contribution in [0, 0.1) is 6.92 Å². The van der Waals surface area contributed by atoms with Gasteiger partial charge in [0.25, 0.3) is 0 Å². The maximum Gasteiger partial charge on any atom is 0.205 e. The quantitative estimate of drug-likeness (QED) is 0.512. The van der Waals surface area contributed by atoms with Crippen molar-refractivity contribution >= 4 is 5.95 Å². The molecule has 0 bridgehead atoms. The lowest BCUT2D eigenvalue weighted by molar-refractivity contribution is 0.632. The van der Waals surface area contributed by atoms with Crippen molar-refractivity contribution in [3.8, 4) is 16.9 Å². The molecule has 1 aromatic heterocycles. The van der Waals surface area contributed by atoms with Gasteiger partial charge in [0.05, 0.1) is 11.4 Å². The lowest BCUT2D eigenvalue weighted by Crippen LogP contribution is -2.03. The molecule has 0 aliphatic carbocycles. The van der Waals surface area contributed by atoms with Crippen LogP contribution in [0.25, 0.3) is 16.9 Å². The van der Waals surface area contributed by atoms with E-state index in [9.17, 15) is 0 Å². The number of hydrogen-bond acceptors (Lipinski definition) is 2. The minimum Gasteiger partial charge on any atom is -0.369 e. The highest BCUT2D eigenvalue weighted by atomic mass is 15.2. The smallest absolute Gasteiger partial charge is 0.205 e. The second-order valence-corrected chi connectivity index (χ2v) is 6.94. The molecule has 0 atom stereocenters. The Morgan fingerprint density at radius 2 is 1.58 bits per heavy atom. The van der Waals surface area contributed by atoms with Crippen LogP contribution in [0.4, 0.5) is 5.95 Å². The van der Waals surface area contributed by atoms with Gasteiger partial charge in [0.1, 0.15) is 0 Å². The zero-order valence-electron chi connectivity index (χ0n) is 15.9. The molecule has 3 heteroatoms. The predicted molar refractivity (Wildman–Crippen MR) is 111 cm³/mol. The first-order chi connectivity index (χ1) is 12.7. The van der Waals surface area contributed by atoms with Crippen molar-refractivity contribution in [3.63, 3.8) is 0 Å². The summed E-state index contributed by atoms with van der Waals surface area (Å²) in [5.41, 5.74) is 11.8. The van der Waals surface area contributed by atoms with E-state index in [0.29, 0.717) is 5.95 Å². The largest absolute Gasteiger partial charge is 0.369 e. The van der Waals surface area contributed by atoms with E-state index in [0.717, 1.165) is 29.1 Å². The van der Waals surface area contributed by atoms with Gasteiger partial charge in [-0.2, -0.15) is 0 Å². The van der Waals surface area contributed by atoms with Crippen LogP contribution in [-0.4, -0.2) is 9.55 Å². The van der Waals surface area contributed by atoms with E-state index in [1.807, 2.05) is 25.1 Å². The lowest BCUT2D eigenvalue weighted by atomic mass is 10.0. The molecule has 2 N–H and O–H groups in total. The van der Waals surface area contributed by atoms with Gasteiger partial charge in [-0.1, -0.05) is 75.1 Å². The summed E-state index contributed by atoms with van der Waals surface area (Å²) < 4.78 is 2.05. The van der Waals surface area contributed by atoms with Crippen molar-refractivity contribution in [2.45, 2.75) is 52.4 Å². The minimum absolute atomic E-state index is 0.536. The van der Waals surface area contributed by atoms with E-state index in [-0.39, 0.29) is 0 Å². The summed E-state index contributed by atoms with van der Waals surface area (Å²) in [7, 11) is 0. The molecule has 26 heavy (non-hydrogen) atoms. The van der Waals surface area contributed by atoms with Crippen molar-refractivity contribution < 1.29 is 0 Å². The van der Waals surface area contributed by atoms with Gasteiger partial charge in [-0.05, 0) is 37.5 Å². The summed E-state index contributed by atoms with van der Waals surface area (Å²) in [4.78, 5) is 4.51. The van der Waals surface area contributed by atoms with Gasteiger partial charge in [-0.3, -0.25) is 4.57 Å². The third-order valence-corrected chi connectivity index (χ3v) is 4.89. The molecule has 0 spiro atoms. The zero-order chi connectivity index (χ0) is 18.4. The number of aryl methyl sites for hydroxylation is 2. The first kappa shape index (κ1) is 18.2. The van der Waals surface area contributed by atoms with Crippen LogP contribution < -0.4 is 5.73 Å². The maximum atomic E-state index is 6.23. The van der Waals surface area contributed by atoms with E-state index in [2.05, 4.69) is 52.9 Å². The molecule has 0 amide bonds. The Kier molecular flexibility index (Phi) is 6.11. The normalized spacial score (nSPS) is 11.0. The van der Waals surface area contributed by atoms with Crippen LogP contribution >= 0.6 is 0 Å². The van der Waals surface area contributed by atoms with Crippen molar-refractivity contribution in [1.29, 1.82) is 0 Å². The van der Waals surface area contributed by atoms with Crippen molar-refractivity contribution in [2.75, 3.05) is 5.73 Å². The Labute approximate surface area is 156 Å². The number of aromatic nitrogens is 2. The van der Waals surface area contributed by atoms with Crippen LogP contribution in [-0.2, 0) is 6.42 Å². The molecule has 2 aromatic carbocycles. The molecular weight excluding hydrogens is 318 g/mol. The first-order valence-corrected chi connectivity index (χ1v) is 9.70. The number of anilines is 1. The second kappa shape index (κ2) is 8.70. The fourth-order valence-electron chi connectivity index (χ4n) is 3.49. The Morgan fingerprint density at radius 1 is 0.885 bits per heavy atom. The SMILES string of the molecule is CCCCCCCc1ccc(-n2c(N)nc(C)c2-c2ccccc2)cc1. The Morgan fingerprint density at radius 3 is 2.27 bits per heavy atom. The van der Waals surface area contributed by atoms with Crippen LogP contribution in [0.2, 0.25) is 0 Å². The standard InChI is InChI=1S/C23H29N3/c1-3-4-5-6-8-11-19-14-16-21(17-15-19)26-22(18(2)25-23(26)24)20-12-9-7-10-13-20/h7,9-10,12-17H,3-6,8,11H2,1-2H3,(H2,24,25). The fourth-order valence-corrected chi connectivity index (χ4v) is 3.49. The van der Waals surface area contributed by atoms with E-state index in [4.69, 9.17) is 5.73 Å². The fraction of sp³-hybridized carbons (Fsp3) is 0.348. The number of nitrogens with two attached hydrogens (primary N) is 1. The van der Waals surface area contributed by atoms with E-state index in [1.54, 1.807) is 0 Å². The molecule has 0 radical (unpaired) electrons. The second-order valence-electron chi connectivity index (χ2n) is 6.94. The third-order valence-electron chi connectivity index (χ3n) is 4.89. The number of unbranched alkanes of at least 4 members (excludes halogenated alkanes) is 4. The Bertz CT molecular complexity index is 817. The number of rotatable bonds is 8. The van der Waals surface area contributed by atoms with Gasteiger partial charge in [-0.25, -0.2) is 4.98 Å². The van der Waals surface area contributed by atoms with E-state index in [1.165, 1.54) is 37.7 Å². The molecule has 1 heterocycles. The van der Waals surface area contributed by atoms with Gasteiger partial charge in [0, 0.05) is 11.3 Å². The number of imidazole rings is 1. The molecule has 0 saturated heterocycles. The lowest BCUT2D eigenvalue weighted by Gasteiger charge is -2.12. The minimum atomic E-state index is 0.536. The number of nitrogens with zero attached hydrogens (tertiary/aromatic N) is 2. The molecule has 0 saturated carbocycles.